The van der Waals surface area contributed by atoms with Crippen LogP contribution in [0.3, 0.4) is 0 Å². The van der Waals surface area contributed by atoms with Crippen LogP contribution in [-0.4, -0.2) is 67.3 Å². The number of ether oxygens (including phenoxy) is 1. The first-order valence-electron chi connectivity index (χ1n) is 6.98. The van der Waals surface area contributed by atoms with Crippen molar-refractivity contribution < 1.29 is 24.2 Å². The second-order valence-electron chi connectivity index (χ2n) is 5.18. The maximum Gasteiger partial charge on any atom is 0.326 e. The van der Waals surface area contributed by atoms with Gasteiger partial charge in [-0.3, -0.25) is 4.79 Å². The van der Waals surface area contributed by atoms with E-state index in [0.717, 1.165) is 6.42 Å². The Bertz CT molecular complexity index is 388. The van der Waals surface area contributed by atoms with E-state index in [2.05, 4.69) is 10.6 Å². The van der Waals surface area contributed by atoms with Crippen molar-refractivity contribution in [1.29, 1.82) is 0 Å². The fourth-order valence-corrected chi connectivity index (χ4v) is 2.23. The van der Waals surface area contributed by atoms with Gasteiger partial charge in [0.15, 0.2) is 0 Å². The van der Waals surface area contributed by atoms with E-state index >= 15 is 0 Å². The molecule has 1 rings (SSSR count). The van der Waals surface area contributed by atoms with Crippen molar-refractivity contribution >= 4 is 17.9 Å². The molecule has 1 aliphatic heterocycles. The molecule has 0 radical (unpaired) electrons. The van der Waals surface area contributed by atoms with E-state index in [1.807, 2.05) is 6.92 Å². The smallest absolute Gasteiger partial charge is 0.326 e. The summed E-state index contributed by atoms with van der Waals surface area (Å²) in [4.78, 5) is 36.0. The lowest BCUT2D eigenvalue weighted by atomic mass is 9.93. The van der Waals surface area contributed by atoms with Crippen LogP contribution >= 0.6 is 0 Å². The average molecular weight is 301 g/mol. The second-order valence-corrected chi connectivity index (χ2v) is 5.18. The van der Waals surface area contributed by atoms with Gasteiger partial charge in [-0.1, -0.05) is 6.92 Å². The van der Waals surface area contributed by atoms with Gasteiger partial charge in [0.2, 0.25) is 5.91 Å². The third-order valence-corrected chi connectivity index (χ3v) is 3.44. The second kappa shape index (κ2) is 8.46. The van der Waals surface area contributed by atoms with E-state index in [9.17, 15) is 19.5 Å². The number of urea groups is 1. The zero-order valence-corrected chi connectivity index (χ0v) is 12.4. The molecule has 3 N–H and O–H groups in total. The zero-order chi connectivity index (χ0) is 15.8. The number of hydrogen-bond acceptors (Lipinski definition) is 4. The molecule has 1 aliphatic rings. The lowest BCUT2D eigenvalue weighted by Crippen LogP contribution is -2.54. The quantitative estimate of drug-likeness (QED) is 0.581. The number of rotatable bonds is 6. The van der Waals surface area contributed by atoms with Gasteiger partial charge >= 0.3 is 12.0 Å². The van der Waals surface area contributed by atoms with Gasteiger partial charge in [0.05, 0.1) is 13.2 Å². The topological polar surface area (TPSA) is 108 Å². The van der Waals surface area contributed by atoms with Crippen molar-refractivity contribution in [1.82, 2.24) is 15.5 Å². The van der Waals surface area contributed by atoms with Crippen molar-refractivity contribution in [3.8, 4) is 0 Å². The predicted molar refractivity (Wildman–Crippen MR) is 74.8 cm³/mol. The Morgan fingerprint density at radius 3 is 2.67 bits per heavy atom. The number of hydrogen-bond donors (Lipinski definition) is 3. The molecule has 1 fully saturated rings. The highest BCUT2D eigenvalue weighted by atomic mass is 16.5. The molecular weight excluding hydrogens is 278 g/mol. The fourth-order valence-electron chi connectivity index (χ4n) is 2.23. The molecule has 1 saturated heterocycles. The first-order valence-corrected chi connectivity index (χ1v) is 6.98. The maximum atomic E-state index is 12.0. The molecule has 120 valence electrons. The number of amides is 3. The van der Waals surface area contributed by atoms with Gasteiger partial charge in [0.1, 0.15) is 6.04 Å². The van der Waals surface area contributed by atoms with Crippen LogP contribution in [0.5, 0.6) is 0 Å². The predicted octanol–water partition coefficient (Wildman–Crippen LogP) is -0.356. The molecule has 0 aromatic rings. The summed E-state index contributed by atoms with van der Waals surface area (Å²) in [5, 5.41) is 14.2. The molecule has 2 atom stereocenters. The SMILES string of the molecule is COCCNC(=O)CNC(=O)N1CCC(C)CC1C(=O)O. The van der Waals surface area contributed by atoms with E-state index < -0.39 is 18.0 Å². The van der Waals surface area contributed by atoms with Crippen molar-refractivity contribution in [3.63, 3.8) is 0 Å². The summed E-state index contributed by atoms with van der Waals surface area (Å²) in [6, 6.07) is -1.35. The summed E-state index contributed by atoms with van der Waals surface area (Å²) in [6.45, 7) is 2.93. The first kappa shape index (κ1) is 17.2. The molecule has 0 bridgehead atoms. The minimum absolute atomic E-state index is 0.180. The van der Waals surface area contributed by atoms with Crippen LogP contribution < -0.4 is 10.6 Å². The van der Waals surface area contributed by atoms with Gasteiger partial charge in [0.25, 0.3) is 0 Å². The van der Waals surface area contributed by atoms with Gasteiger partial charge in [0, 0.05) is 20.2 Å². The van der Waals surface area contributed by atoms with Crippen molar-refractivity contribution in [2.45, 2.75) is 25.8 Å². The number of carboxylic acid groups (broad SMARTS) is 1. The molecule has 8 heteroatoms. The fraction of sp³-hybridized carbons (Fsp3) is 0.769. The highest BCUT2D eigenvalue weighted by Crippen LogP contribution is 2.22. The third-order valence-electron chi connectivity index (χ3n) is 3.44. The summed E-state index contributed by atoms with van der Waals surface area (Å²) < 4.78 is 4.79. The number of nitrogens with zero attached hydrogens (tertiary/aromatic N) is 1. The Hall–Kier alpha value is -1.83. The Labute approximate surface area is 123 Å². The maximum absolute atomic E-state index is 12.0. The number of aliphatic carboxylic acids is 1. The normalized spacial score (nSPS) is 21.7. The third kappa shape index (κ3) is 5.58. The first-order chi connectivity index (χ1) is 9.95. The summed E-state index contributed by atoms with van der Waals surface area (Å²) in [5.41, 5.74) is 0. The standard InChI is InChI=1S/C13H23N3O5/c1-9-3-5-16(10(7-9)12(18)19)13(20)15-8-11(17)14-4-6-21-2/h9-10H,3-8H2,1-2H3,(H,14,17)(H,15,20)(H,18,19). The summed E-state index contributed by atoms with van der Waals surface area (Å²) in [5.74, 6) is -1.08. The highest BCUT2D eigenvalue weighted by molar-refractivity contribution is 5.86. The van der Waals surface area contributed by atoms with Gasteiger partial charge in [-0.25, -0.2) is 9.59 Å². The van der Waals surface area contributed by atoms with Crippen LogP contribution in [0.15, 0.2) is 0 Å². The molecule has 2 unspecified atom stereocenters. The number of likely N-dealkylation sites (tertiary alicyclic amines) is 1. The minimum atomic E-state index is -1.01. The molecular formula is C13H23N3O5. The van der Waals surface area contributed by atoms with E-state index in [1.165, 1.54) is 12.0 Å². The Balaban J connectivity index is 2.42. The van der Waals surface area contributed by atoms with Crippen LogP contribution in [0.1, 0.15) is 19.8 Å². The number of methoxy groups -OCH3 is 1. The molecule has 8 nitrogen and oxygen atoms in total. The van der Waals surface area contributed by atoms with Crippen molar-refractivity contribution in [3.05, 3.63) is 0 Å². The van der Waals surface area contributed by atoms with Crippen molar-refractivity contribution in [2.24, 2.45) is 5.92 Å². The molecule has 1 heterocycles. The van der Waals surface area contributed by atoms with E-state index in [4.69, 9.17) is 4.74 Å². The molecule has 0 spiro atoms. The van der Waals surface area contributed by atoms with Crippen molar-refractivity contribution in [2.75, 3.05) is 33.4 Å². The monoisotopic (exact) mass is 301 g/mol. The van der Waals surface area contributed by atoms with Gasteiger partial charge in [-0.05, 0) is 18.8 Å². The summed E-state index contributed by atoms with van der Waals surface area (Å²) in [7, 11) is 1.53. The van der Waals surface area contributed by atoms with E-state index in [0.29, 0.717) is 26.1 Å². The van der Waals surface area contributed by atoms with E-state index in [-0.39, 0.29) is 18.4 Å². The molecule has 21 heavy (non-hydrogen) atoms. The highest BCUT2D eigenvalue weighted by Gasteiger charge is 2.34. The Morgan fingerprint density at radius 1 is 1.33 bits per heavy atom. The molecule has 0 aromatic carbocycles. The molecule has 3 amide bonds. The minimum Gasteiger partial charge on any atom is -0.480 e. The summed E-state index contributed by atoms with van der Waals surface area (Å²) >= 11 is 0. The number of piperidine rings is 1. The van der Waals surface area contributed by atoms with Gasteiger partial charge < -0.3 is 25.4 Å². The van der Waals surface area contributed by atoms with Crippen LogP contribution in [0.4, 0.5) is 4.79 Å². The Morgan fingerprint density at radius 2 is 2.05 bits per heavy atom. The Kier molecular flexibility index (Phi) is 6.93. The molecule has 0 aliphatic carbocycles. The number of carbonyl (C=O) groups is 3. The van der Waals surface area contributed by atoms with Crippen LogP contribution in [0.25, 0.3) is 0 Å². The lowest BCUT2D eigenvalue weighted by molar-refractivity contribution is -0.143. The largest absolute Gasteiger partial charge is 0.480 e. The summed E-state index contributed by atoms with van der Waals surface area (Å²) in [6.07, 6.45) is 1.19. The zero-order valence-electron chi connectivity index (χ0n) is 12.4. The van der Waals surface area contributed by atoms with Crippen LogP contribution in [-0.2, 0) is 14.3 Å². The van der Waals surface area contributed by atoms with Crippen LogP contribution in [0.2, 0.25) is 0 Å². The van der Waals surface area contributed by atoms with Gasteiger partial charge in [-0.15, -0.1) is 0 Å². The number of carboxylic acids is 1. The average Bonchev–Trinajstić information content (AvgIpc) is 2.44. The van der Waals surface area contributed by atoms with E-state index in [1.54, 1.807) is 0 Å². The number of carbonyl (C=O) groups excluding carboxylic acids is 2. The van der Waals surface area contributed by atoms with Gasteiger partial charge in [-0.2, -0.15) is 0 Å². The lowest BCUT2D eigenvalue weighted by Gasteiger charge is -2.35. The number of nitrogens with one attached hydrogen (secondary N) is 2. The molecule has 0 saturated carbocycles. The molecule has 0 aromatic heterocycles. The van der Waals surface area contributed by atoms with Crippen LogP contribution in [0, 0.1) is 5.92 Å².